The van der Waals surface area contributed by atoms with Crippen LogP contribution in [-0.4, -0.2) is 23.7 Å². The van der Waals surface area contributed by atoms with E-state index >= 15 is 0 Å². The van der Waals surface area contributed by atoms with Gasteiger partial charge in [-0.1, -0.05) is 37.6 Å². The summed E-state index contributed by atoms with van der Waals surface area (Å²) in [5.41, 5.74) is 6.54. The van der Waals surface area contributed by atoms with E-state index in [9.17, 15) is 4.79 Å². The third kappa shape index (κ3) is 5.76. The van der Waals surface area contributed by atoms with Crippen LogP contribution >= 0.6 is 23.4 Å². The summed E-state index contributed by atoms with van der Waals surface area (Å²) in [5, 5.41) is 3.89. The van der Waals surface area contributed by atoms with Crippen molar-refractivity contribution < 1.29 is 4.79 Å². The van der Waals surface area contributed by atoms with Crippen LogP contribution in [0.1, 0.15) is 19.4 Å². The third-order valence-electron chi connectivity index (χ3n) is 2.34. The lowest BCUT2D eigenvalue weighted by Gasteiger charge is -2.17. The first-order valence-electron chi connectivity index (χ1n) is 5.86. The molecule has 5 heteroatoms. The Morgan fingerprint density at radius 2 is 2.00 bits per heavy atom. The zero-order valence-corrected chi connectivity index (χ0v) is 12.2. The molecule has 0 radical (unpaired) electrons. The highest BCUT2D eigenvalue weighted by atomic mass is 35.5. The van der Waals surface area contributed by atoms with Crippen LogP contribution in [0.5, 0.6) is 0 Å². The maximum atomic E-state index is 11.3. The fraction of sp³-hybridized carbons (Fsp3) is 0.462. The summed E-state index contributed by atoms with van der Waals surface area (Å²) >= 11 is 7.50. The summed E-state index contributed by atoms with van der Waals surface area (Å²) in [6.45, 7) is 4.00. The molecule has 3 N–H and O–H groups in total. The summed E-state index contributed by atoms with van der Waals surface area (Å²) in [7, 11) is 0. The molecule has 1 atom stereocenters. The molecule has 0 aromatic heterocycles. The Balaban J connectivity index is 2.38. The average molecular weight is 287 g/mol. The minimum absolute atomic E-state index is 0.249. The van der Waals surface area contributed by atoms with Crippen molar-refractivity contribution in [1.82, 2.24) is 5.32 Å². The molecule has 1 aromatic carbocycles. The predicted octanol–water partition coefficient (Wildman–Crippen LogP) is 2.43. The number of benzene rings is 1. The molecule has 0 fully saturated rings. The highest BCUT2D eigenvalue weighted by Crippen LogP contribution is 2.16. The Bertz CT molecular complexity index is 381. The van der Waals surface area contributed by atoms with Crippen LogP contribution in [0, 0.1) is 0 Å². The maximum absolute atomic E-state index is 11.3. The van der Waals surface area contributed by atoms with Crippen molar-refractivity contribution in [2.75, 3.05) is 5.75 Å². The molecule has 100 valence electrons. The minimum atomic E-state index is -0.299. The van der Waals surface area contributed by atoms with Crippen LogP contribution in [0.25, 0.3) is 0 Å². The molecular weight excluding hydrogens is 268 g/mol. The predicted molar refractivity (Wildman–Crippen MR) is 78.9 cm³/mol. The quantitative estimate of drug-likeness (QED) is 0.809. The van der Waals surface area contributed by atoms with Gasteiger partial charge < -0.3 is 11.1 Å². The van der Waals surface area contributed by atoms with Crippen LogP contribution in [0.3, 0.4) is 0 Å². The standard InChI is InChI=1S/C13H19ClN2OS/c1-9(2)16-12(13(15)17)8-18-7-10-3-5-11(14)6-4-10/h3-6,9,12,16H,7-8H2,1-2H3,(H2,15,17). The van der Waals surface area contributed by atoms with Crippen molar-refractivity contribution in [2.24, 2.45) is 5.73 Å². The number of amides is 1. The topological polar surface area (TPSA) is 55.1 Å². The van der Waals surface area contributed by atoms with Gasteiger partial charge in [-0.2, -0.15) is 11.8 Å². The fourth-order valence-electron chi connectivity index (χ4n) is 1.49. The molecule has 0 saturated heterocycles. The largest absolute Gasteiger partial charge is 0.368 e. The lowest BCUT2D eigenvalue weighted by Crippen LogP contribution is -2.46. The molecule has 0 aliphatic heterocycles. The molecule has 1 rings (SSSR count). The highest BCUT2D eigenvalue weighted by Gasteiger charge is 2.15. The van der Waals surface area contributed by atoms with E-state index in [-0.39, 0.29) is 18.0 Å². The Morgan fingerprint density at radius 3 is 2.50 bits per heavy atom. The van der Waals surface area contributed by atoms with E-state index < -0.39 is 0 Å². The number of halogens is 1. The van der Waals surface area contributed by atoms with E-state index in [0.29, 0.717) is 5.75 Å². The van der Waals surface area contributed by atoms with Crippen LogP contribution in [-0.2, 0) is 10.5 Å². The van der Waals surface area contributed by atoms with Gasteiger partial charge >= 0.3 is 0 Å². The minimum Gasteiger partial charge on any atom is -0.368 e. The van der Waals surface area contributed by atoms with Crippen molar-refractivity contribution in [3.05, 3.63) is 34.9 Å². The number of carbonyl (C=O) groups excluding carboxylic acids is 1. The Morgan fingerprint density at radius 1 is 1.39 bits per heavy atom. The molecule has 0 aliphatic carbocycles. The summed E-state index contributed by atoms with van der Waals surface area (Å²) in [6.07, 6.45) is 0. The third-order valence-corrected chi connectivity index (χ3v) is 3.70. The summed E-state index contributed by atoms with van der Waals surface area (Å²) in [5.74, 6) is 1.23. The molecular formula is C13H19ClN2OS. The van der Waals surface area contributed by atoms with Crippen molar-refractivity contribution in [1.29, 1.82) is 0 Å². The van der Waals surface area contributed by atoms with Crippen molar-refractivity contribution in [3.8, 4) is 0 Å². The van der Waals surface area contributed by atoms with E-state index in [4.69, 9.17) is 17.3 Å². The van der Waals surface area contributed by atoms with Crippen molar-refractivity contribution >= 4 is 29.3 Å². The maximum Gasteiger partial charge on any atom is 0.235 e. The number of nitrogens with two attached hydrogens (primary N) is 1. The molecule has 1 aromatic rings. The smallest absolute Gasteiger partial charge is 0.235 e. The first kappa shape index (κ1) is 15.3. The average Bonchev–Trinajstić information content (AvgIpc) is 2.29. The highest BCUT2D eigenvalue weighted by molar-refractivity contribution is 7.98. The van der Waals surface area contributed by atoms with E-state index in [0.717, 1.165) is 10.8 Å². The van der Waals surface area contributed by atoms with Crippen LogP contribution in [0.2, 0.25) is 5.02 Å². The number of hydrogen-bond donors (Lipinski definition) is 2. The summed E-state index contributed by atoms with van der Waals surface area (Å²) in [4.78, 5) is 11.3. The Labute approximate surface area is 117 Å². The molecule has 0 saturated carbocycles. The summed E-state index contributed by atoms with van der Waals surface area (Å²) in [6, 6.07) is 7.70. The molecule has 1 amide bonds. The van der Waals surface area contributed by atoms with Crippen LogP contribution < -0.4 is 11.1 Å². The van der Waals surface area contributed by atoms with Crippen LogP contribution in [0.4, 0.5) is 0 Å². The number of hydrogen-bond acceptors (Lipinski definition) is 3. The summed E-state index contributed by atoms with van der Waals surface area (Å²) < 4.78 is 0. The Hall–Kier alpha value is -0.710. The monoisotopic (exact) mass is 286 g/mol. The number of nitrogens with one attached hydrogen (secondary N) is 1. The van der Waals surface area contributed by atoms with E-state index in [2.05, 4.69) is 5.32 Å². The van der Waals surface area contributed by atoms with Crippen molar-refractivity contribution in [2.45, 2.75) is 31.7 Å². The molecule has 0 spiro atoms. The first-order valence-corrected chi connectivity index (χ1v) is 7.40. The lowest BCUT2D eigenvalue weighted by atomic mass is 10.2. The van der Waals surface area contributed by atoms with Gasteiger partial charge in [-0.3, -0.25) is 4.79 Å². The fourth-order valence-corrected chi connectivity index (χ4v) is 2.66. The molecule has 0 heterocycles. The number of carbonyl (C=O) groups is 1. The molecule has 3 nitrogen and oxygen atoms in total. The number of rotatable bonds is 7. The van der Waals surface area contributed by atoms with Gasteiger partial charge in [0.1, 0.15) is 0 Å². The Kier molecular flexibility index (Phi) is 6.54. The number of thioether (sulfide) groups is 1. The van der Waals surface area contributed by atoms with Gasteiger partial charge in [-0.25, -0.2) is 0 Å². The molecule has 0 bridgehead atoms. The first-order chi connectivity index (χ1) is 8.49. The second-order valence-corrected chi connectivity index (χ2v) is 5.88. The zero-order chi connectivity index (χ0) is 13.5. The second kappa shape index (κ2) is 7.67. The SMILES string of the molecule is CC(C)NC(CSCc1ccc(Cl)cc1)C(N)=O. The van der Waals surface area contributed by atoms with Crippen LogP contribution in [0.15, 0.2) is 24.3 Å². The van der Waals surface area contributed by atoms with Gasteiger partial charge in [0.25, 0.3) is 0 Å². The second-order valence-electron chi connectivity index (χ2n) is 4.42. The van der Waals surface area contributed by atoms with Gasteiger partial charge in [0.2, 0.25) is 5.91 Å². The van der Waals surface area contributed by atoms with Gasteiger partial charge in [0.05, 0.1) is 6.04 Å². The lowest BCUT2D eigenvalue weighted by molar-refractivity contribution is -0.119. The van der Waals surface area contributed by atoms with E-state index in [1.54, 1.807) is 11.8 Å². The molecule has 1 unspecified atom stereocenters. The van der Waals surface area contributed by atoms with Crippen molar-refractivity contribution in [3.63, 3.8) is 0 Å². The normalized spacial score (nSPS) is 12.7. The van der Waals surface area contributed by atoms with Gasteiger partial charge in [0.15, 0.2) is 0 Å². The molecule has 18 heavy (non-hydrogen) atoms. The van der Waals surface area contributed by atoms with Gasteiger partial charge in [-0.15, -0.1) is 0 Å². The zero-order valence-electron chi connectivity index (χ0n) is 10.7. The van der Waals surface area contributed by atoms with Gasteiger partial charge in [0, 0.05) is 22.6 Å². The molecule has 0 aliphatic rings. The number of primary amides is 1. The van der Waals surface area contributed by atoms with E-state index in [1.165, 1.54) is 5.56 Å². The van der Waals surface area contributed by atoms with Gasteiger partial charge in [-0.05, 0) is 17.7 Å². The van der Waals surface area contributed by atoms with E-state index in [1.807, 2.05) is 38.1 Å².